The van der Waals surface area contributed by atoms with Gasteiger partial charge in [-0.15, -0.1) is 0 Å². The molecule has 0 aliphatic rings. The van der Waals surface area contributed by atoms with Crippen LogP contribution in [0.5, 0.6) is 5.75 Å². The van der Waals surface area contributed by atoms with Gasteiger partial charge in [-0.2, -0.15) is 13.2 Å². The highest BCUT2D eigenvalue weighted by Crippen LogP contribution is 2.42. The minimum absolute atomic E-state index is 0.529. The maximum atomic E-state index is 12.3. The van der Waals surface area contributed by atoms with Crippen LogP contribution in [0.1, 0.15) is 17.7 Å². The zero-order valence-electron chi connectivity index (χ0n) is 6.82. The van der Waals surface area contributed by atoms with Crippen molar-refractivity contribution in [2.45, 2.75) is 12.6 Å². The van der Waals surface area contributed by atoms with Crippen molar-refractivity contribution in [2.24, 2.45) is 0 Å². The predicted molar refractivity (Wildman–Crippen MR) is 43.6 cm³/mol. The molecule has 1 aromatic rings. The molecule has 0 fully saturated rings. The Kier molecular flexibility index (Phi) is 3.17. The van der Waals surface area contributed by atoms with E-state index in [-0.39, 0.29) is 0 Å². The van der Waals surface area contributed by atoms with Crippen molar-refractivity contribution in [3.63, 3.8) is 0 Å². The Hall–Kier alpha value is -0.920. The van der Waals surface area contributed by atoms with E-state index in [0.29, 0.717) is 6.20 Å². The highest BCUT2D eigenvalue weighted by atomic mass is 79.9. The SMILES string of the molecule is Oc1cnc(C(F)F)c(C(F)(F)F)c1Br. The average molecular weight is 292 g/mol. The Balaban J connectivity index is 3.49. The van der Waals surface area contributed by atoms with Gasteiger partial charge in [0.05, 0.1) is 10.7 Å². The summed E-state index contributed by atoms with van der Waals surface area (Å²) in [5, 5.41) is 8.92. The molecule has 0 aliphatic carbocycles. The van der Waals surface area contributed by atoms with Crippen molar-refractivity contribution in [1.29, 1.82) is 0 Å². The van der Waals surface area contributed by atoms with E-state index in [0.717, 1.165) is 0 Å². The summed E-state index contributed by atoms with van der Waals surface area (Å²) in [6.07, 6.45) is -7.84. The fourth-order valence-corrected chi connectivity index (χ4v) is 1.46. The predicted octanol–water partition coefficient (Wildman–Crippen LogP) is 3.51. The van der Waals surface area contributed by atoms with Gasteiger partial charge in [0.2, 0.25) is 0 Å². The zero-order valence-corrected chi connectivity index (χ0v) is 8.40. The molecule has 1 N–H and O–H groups in total. The molecule has 0 amide bonds. The molecule has 0 spiro atoms. The number of alkyl halides is 5. The molecule has 2 nitrogen and oxygen atoms in total. The molecule has 1 heterocycles. The Morgan fingerprint density at radius 1 is 1.33 bits per heavy atom. The first-order chi connectivity index (χ1) is 6.75. The van der Waals surface area contributed by atoms with E-state index in [2.05, 4.69) is 20.9 Å². The number of hydrogen-bond donors (Lipinski definition) is 1. The molecule has 1 rings (SSSR count). The van der Waals surface area contributed by atoms with Crippen LogP contribution in [-0.4, -0.2) is 10.1 Å². The smallest absolute Gasteiger partial charge is 0.419 e. The van der Waals surface area contributed by atoms with Gasteiger partial charge < -0.3 is 5.11 Å². The third kappa shape index (κ3) is 2.36. The number of pyridine rings is 1. The lowest BCUT2D eigenvalue weighted by molar-refractivity contribution is -0.140. The number of aromatic hydroxyl groups is 1. The summed E-state index contributed by atoms with van der Waals surface area (Å²) in [5.41, 5.74) is -3.07. The normalized spacial score (nSPS) is 12.2. The fourth-order valence-electron chi connectivity index (χ4n) is 0.928. The minimum atomic E-state index is -5.00. The highest BCUT2D eigenvalue weighted by molar-refractivity contribution is 9.10. The minimum Gasteiger partial charge on any atom is -0.505 e. The van der Waals surface area contributed by atoms with Gasteiger partial charge >= 0.3 is 6.18 Å². The van der Waals surface area contributed by atoms with E-state index < -0.39 is 34.1 Å². The third-order valence-corrected chi connectivity index (χ3v) is 2.32. The van der Waals surface area contributed by atoms with Gasteiger partial charge in [0.1, 0.15) is 17.0 Å². The van der Waals surface area contributed by atoms with Crippen molar-refractivity contribution in [3.8, 4) is 5.75 Å². The first kappa shape index (κ1) is 12.2. The summed E-state index contributed by atoms with van der Waals surface area (Å²) < 4.78 is 60.6. The number of nitrogens with zero attached hydrogens (tertiary/aromatic N) is 1. The topological polar surface area (TPSA) is 33.1 Å². The van der Waals surface area contributed by atoms with Crippen LogP contribution in [0.4, 0.5) is 22.0 Å². The summed E-state index contributed by atoms with van der Waals surface area (Å²) >= 11 is 2.39. The van der Waals surface area contributed by atoms with Crippen LogP contribution >= 0.6 is 15.9 Å². The molecule has 0 aromatic carbocycles. The van der Waals surface area contributed by atoms with E-state index in [1.807, 2.05) is 0 Å². The number of hydrogen-bond acceptors (Lipinski definition) is 2. The second-order valence-electron chi connectivity index (χ2n) is 2.52. The summed E-state index contributed by atoms with van der Waals surface area (Å²) in [6, 6.07) is 0. The first-order valence-corrected chi connectivity index (χ1v) is 4.27. The Morgan fingerprint density at radius 2 is 1.87 bits per heavy atom. The third-order valence-electron chi connectivity index (χ3n) is 1.52. The second-order valence-corrected chi connectivity index (χ2v) is 3.31. The molecular weight excluding hydrogens is 289 g/mol. The molecule has 0 saturated heterocycles. The van der Waals surface area contributed by atoms with E-state index in [1.54, 1.807) is 0 Å². The van der Waals surface area contributed by atoms with Crippen LogP contribution in [0.25, 0.3) is 0 Å². The van der Waals surface area contributed by atoms with Gasteiger partial charge in [-0.3, -0.25) is 4.98 Å². The molecule has 15 heavy (non-hydrogen) atoms. The summed E-state index contributed by atoms with van der Waals surface area (Å²) in [4.78, 5) is 2.86. The van der Waals surface area contributed by atoms with Crippen LogP contribution in [0, 0.1) is 0 Å². The monoisotopic (exact) mass is 291 g/mol. The largest absolute Gasteiger partial charge is 0.505 e. The van der Waals surface area contributed by atoms with Gasteiger partial charge in [-0.25, -0.2) is 8.78 Å². The summed E-state index contributed by atoms with van der Waals surface area (Å²) in [7, 11) is 0. The molecule has 8 heteroatoms. The number of rotatable bonds is 1. The molecule has 0 aliphatic heterocycles. The standard InChI is InChI=1S/C7H3BrF5NO/c8-4-2(15)1-14-5(6(9)10)3(4)7(11,12)13/h1,6,15H. The van der Waals surface area contributed by atoms with Gasteiger partial charge in [-0.1, -0.05) is 0 Å². The van der Waals surface area contributed by atoms with Gasteiger partial charge in [0.15, 0.2) is 0 Å². The maximum Gasteiger partial charge on any atom is 0.419 e. The van der Waals surface area contributed by atoms with E-state index in [9.17, 15) is 22.0 Å². The zero-order chi connectivity index (χ0) is 11.8. The van der Waals surface area contributed by atoms with Crippen molar-refractivity contribution in [3.05, 3.63) is 21.9 Å². The van der Waals surface area contributed by atoms with Gasteiger partial charge in [0, 0.05) is 0 Å². The molecule has 0 atom stereocenters. The summed E-state index contributed by atoms with van der Waals surface area (Å²) in [5.74, 6) is -0.841. The van der Waals surface area contributed by atoms with Gasteiger partial charge in [-0.05, 0) is 15.9 Å². The van der Waals surface area contributed by atoms with Crippen LogP contribution in [0.2, 0.25) is 0 Å². The molecule has 84 valence electrons. The Labute approximate surface area is 88.9 Å². The van der Waals surface area contributed by atoms with Gasteiger partial charge in [0.25, 0.3) is 6.43 Å². The van der Waals surface area contributed by atoms with E-state index >= 15 is 0 Å². The molecule has 1 aromatic heterocycles. The molecule has 0 unspecified atom stereocenters. The van der Waals surface area contributed by atoms with Crippen molar-refractivity contribution >= 4 is 15.9 Å². The number of aromatic nitrogens is 1. The lowest BCUT2D eigenvalue weighted by Crippen LogP contribution is -2.12. The molecule has 0 bridgehead atoms. The van der Waals surface area contributed by atoms with Crippen molar-refractivity contribution in [2.75, 3.05) is 0 Å². The van der Waals surface area contributed by atoms with E-state index in [1.165, 1.54) is 0 Å². The summed E-state index contributed by atoms with van der Waals surface area (Å²) in [6.45, 7) is 0. The lowest BCUT2D eigenvalue weighted by atomic mass is 10.2. The Bertz CT molecular complexity index is 378. The quantitative estimate of drug-likeness (QED) is 0.803. The first-order valence-electron chi connectivity index (χ1n) is 3.48. The molecular formula is C7H3BrF5NO. The van der Waals surface area contributed by atoms with Crippen LogP contribution in [-0.2, 0) is 6.18 Å². The Morgan fingerprint density at radius 3 is 2.27 bits per heavy atom. The molecule has 0 radical (unpaired) electrons. The molecule has 0 saturated carbocycles. The number of halogens is 6. The van der Waals surface area contributed by atoms with Crippen molar-refractivity contribution < 1.29 is 27.1 Å². The maximum absolute atomic E-state index is 12.3. The van der Waals surface area contributed by atoms with Crippen LogP contribution < -0.4 is 0 Å². The second kappa shape index (κ2) is 3.92. The average Bonchev–Trinajstić information content (AvgIpc) is 2.06. The lowest BCUT2D eigenvalue weighted by Gasteiger charge is -2.13. The van der Waals surface area contributed by atoms with E-state index in [4.69, 9.17) is 5.11 Å². The van der Waals surface area contributed by atoms with Crippen molar-refractivity contribution in [1.82, 2.24) is 4.98 Å². The fraction of sp³-hybridized carbons (Fsp3) is 0.286. The van der Waals surface area contributed by atoms with Crippen LogP contribution in [0.3, 0.4) is 0 Å². The highest BCUT2D eigenvalue weighted by Gasteiger charge is 2.40. The van der Waals surface area contributed by atoms with Crippen LogP contribution in [0.15, 0.2) is 10.7 Å².